The number of fused-ring (bicyclic) bond motifs is 1. The van der Waals surface area contributed by atoms with Gasteiger partial charge >= 0.3 is 0 Å². The van der Waals surface area contributed by atoms with Crippen molar-refractivity contribution in [3.63, 3.8) is 0 Å². The fourth-order valence-corrected chi connectivity index (χ4v) is 6.16. The number of thiocarbonyl (C=S) groups is 1. The topological polar surface area (TPSA) is 40.6 Å². The molecule has 0 aliphatic carbocycles. The number of sulfone groups is 1. The minimum Gasteiger partial charge on any atom is -0.312 e. The minimum atomic E-state index is -3.07. The summed E-state index contributed by atoms with van der Waals surface area (Å²) >= 11 is 9.17. The van der Waals surface area contributed by atoms with E-state index in [-0.39, 0.29) is 23.6 Å². The molecule has 7 heteroatoms. The normalized spacial score (nSPS) is 25.1. The van der Waals surface area contributed by atoms with Gasteiger partial charge in [-0.15, -0.1) is 0 Å². The molecule has 0 spiro atoms. The molecule has 0 amide bonds. The minimum absolute atomic E-state index is 0.136. The lowest BCUT2D eigenvalue weighted by atomic mass is 10.1. The zero-order valence-electron chi connectivity index (χ0n) is 12.7. The zero-order chi connectivity index (χ0) is 16.9. The Labute approximate surface area is 155 Å². The van der Waals surface area contributed by atoms with Crippen LogP contribution in [0.5, 0.6) is 0 Å². The molecule has 4 rings (SSSR count). The van der Waals surface area contributed by atoms with Crippen LogP contribution >= 0.6 is 28.1 Å². The number of anilines is 2. The summed E-state index contributed by atoms with van der Waals surface area (Å²) in [4.78, 5) is 3.98. The van der Waals surface area contributed by atoms with Crippen LogP contribution < -0.4 is 9.80 Å². The van der Waals surface area contributed by atoms with Crippen LogP contribution in [0.3, 0.4) is 0 Å². The second-order valence-electron chi connectivity index (χ2n) is 6.05. The van der Waals surface area contributed by atoms with Crippen LogP contribution in [-0.4, -0.2) is 37.1 Å². The Kier molecular flexibility index (Phi) is 3.89. The van der Waals surface area contributed by atoms with Crippen molar-refractivity contribution in [2.75, 3.05) is 21.3 Å². The first kappa shape index (κ1) is 16.1. The zero-order valence-corrected chi connectivity index (χ0v) is 15.9. The van der Waals surface area contributed by atoms with Crippen molar-refractivity contribution in [1.29, 1.82) is 0 Å². The smallest absolute Gasteiger partial charge is 0.181 e. The van der Waals surface area contributed by atoms with E-state index >= 15 is 0 Å². The SMILES string of the molecule is O=S1(=O)CC2C(C1)N(c1ccc(Br)cc1)C(=S)N2c1ccccc1. The van der Waals surface area contributed by atoms with Crippen molar-refractivity contribution in [1.82, 2.24) is 0 Å². The second-order valence-corrected chi connectivity index (χ2v) is 9.48. The number of para-hydroxylation sites is 1. The Morgan fingerprint density at radius 2 is 1.38 bits per heavy atom. The highest BCUT2D eigenvalue weighted by Gasteiger charge is 2.52. The molecule has 0 bridgehead atoms. The van der Waals surface area contributed by atoms with Gasteiger partial charge in [0.25, 0.3) is 0 Å². The molecular weight excluding hydrogens is 408 g/mol. The second kappa shape index (κ2) is 5.82. The number of halogens is 1. The molecule has 2 aromatic rings. The Bertz CT molecular complexity index is 885. The number of hydrogen-bond acceptors (Lipinski definition) is 3. The molecule has 124 valence electrons. The van der Waals surface area contributed by atoms with Crippen LogP contribution in [0.2, 0.25) is 0 Å². The van der Waals surface area contributed by atoms with E-state index in [1.807, 2.05) is 64.4 Å². The number of rotatable bonds is 2. The lowest BCUT2D eigenvalue weighted by Gasteiger charge is -2.25. The Hall–Kier alpha value is -1.44. The third kappa shape index (κ3) is 2.64. The first-order chi connectivity index (χ1) is 11.5. The van der Waals surface area contributed by atoms with Crippen LogP contribution in [0.4, 0.5) is 11.4 Å². The Morgan fingerprint density at radius 1 is 0.875 bits per heavy atom. The van der Waals surface area contributed by atoms with Crippen molar-refractivity contribution in [2.24, 2.45) is 0 Å². The first-order valence-electron chi connectivity index (χ1n) is 7.60. The van der Waals surface area contributed by atoms with E-state index in [0.29, 0.717) is 5.11 Å². The maximum Gasteiger partial charge on any atom is 0.181 e. The van der Waals surface area contributed by atoms with Gasteiger partial charge in [0, 0.05) is 15.8 Å². The lowest BCUT2D eigenvalue weighted by Crippen LogP contribution is -2.37. The van der Waals surface area contributed by atoms with Crippen molar-refractivity contribution < 1.29 is 8.42 Å². The van der Waals surface area contributed by atoms with E-state index in [1.165, 1.54) is 0 Å². The summed E-state index contributed by atoms with van der Waals surface area (Å²) in [5.74, 6) is 0.275. The molecule has 2 heterocycles. The van der Waals surface area contributed by atoms with Gasteiger partial charge in [-0.1, -0.05) is 34.1 Å². The van der Waals surface area contributed by atoms with Gasteiger partial charge in [0.05, 0.1) is 23.6 Å². The van der Waals surface area contributed by atoms with Gasteiger partial charge in [0.2, 0.25) is 0 Å². The molecule has 0 aromatic heterocycles. The molecule has 2 aromatic carbocycles. The quantitative estimate of drug-likeness (QED) is 0.694. The highest BCUT2D eigenvalue weighted by atomic mass is 79.9. The third-order valence-corrected chi connectivity index (χ3v) is 7.13. The predicted octanol–water partition coefficient (Wildman–Crippen LogP) is 3.23. The molecule has 2 fully saturated rings. The van der Waals surface area contributed by atoms with Gasteiger partial charge < -0.3 is 9.80 Å². The van der Waals surface area contributed by atoms with Crippen molar-refractivity contribution in [2.45, 2.75) is 12.1 Å². The van der Waals surface area contributed by atoms with Gasteiger partial charge in [-0.3, -0.25) is 0 Å². The average Bonchev–Trinajstić information content (AvgIpc) is 2.98. The summed E-state index contributed by atoms with van der Waals surface area (Å²) in [6.07, 6.45) is 0. The van der Waals surface area contributed by atoms with Crippen LogP contribution in [0.15, 0.2) is 59.1 Å². The third-order valence-electron chi connectivity index (χ3n) is 4.51. The summed E-state index contributed by atoms with van der Waals surface area (Å²) in [5.41, 5.74) is 1.86. The van der Waals surface area contributed by atoms with Gasteiger partial charge in [-0.05, 0) is 48.6 Å². The van der Waals surface area contributed by atoms with E-state index in [2.05, 4.69) is 15.9 Å². The van der Waals surface area contributed by atoms with Crippen molar-refractivity contribution in [3.8, 4) is 0 Å². The largest absolute Gasteiger partial charge is 0.312 e. The molecule has 2 unspecified atom stereocenters. The Morgan fingerprint density at radius 3 is 1.92 bits per heavy atom. The van der Waals surface area contributed by atoms with Crippen LogP contribution in [0.25, 0.3) is 0 Å². The number of hydrogen-bond donors (Lipinski definition) is 0. The van der Waals surface area contributed by atoms with Crippen LogP contribution in [0.1, 0.15) is 0 Å². The lowest BCUT2D eigenvalue weighted by molar-refractivity contribution is 0.601. The summed E-state index contributed by atoms with van der Waals surface area (Å²) in [6, 6.07) is 17.3. The summed E-state index contributed by atoms with van der Waals surface area (Å²) in [6.45, 7) is 0. The van der Waals surface area contributed by atoms with Crippen molar-refractivity contribution in [3.05, 3.63) is 59.1 Å². The van der Waals surface area contributed by atoms with E-state index in [0.717, 1.165) is 15.8 Å². The standard InChI is InChI=1S/C17H15BrN2O2S2/c18-12-6-8-14(9-7-12)20-16-11-24(21,22)10-15(16)19(17(20)23)13-4-2-1-3-5-13/h1-9,15-16H,10-11H2. The van der Waals surface area contributed by atoms with E-state index in [9.17, 15) is 8.42 Å². The fourth-order valence-electron chi connectivity index (χ4n) is 3.50. The van der Waals surface area contributed by atoms with E-state index in [1.54, 1.807) is 0 Å². The number of nitrogens with zero attached hydrogens (tertiary/aromatic N) is 2. The molecule has 2 atom stereocenters. The summed E-state index contributed by atoms with van der Waals surface area (Å²) in [5, 5.41) is 0.661. The maximum atomic E-state index is 12.3. The first-order valence-corrected chi connectivity index (χ1v) is 10.6. The molecule has 2 saturated heterocycles. The predicted molar refractivity (Wildman–Crippen MR) is 104 cm³/mol. The monoisotopic (exact) mass is 422 g/mol. The average molecular weight is 423 g/mol. The molecule has 24 heavy (non-hydrogen) atoms. The van der Waals surface area contributed by atoms with Gasteiger partial charge in [-0.25, -0.2) is 8.42 Å². The van der Waals surface area contributed by atoms with E-state index < -0.39 is 9.84 Å². The van der Waals surface area contributed by atoms with Crippen molar-refractivity contribution >= 4 is 54.5 Å². The number of benzene rings is 2. The van der Waals surface area contributed by atoms with Gasteiger partial charge in [0.15, 0.2) is 14.9 Å². The summed E-state index contributed by atoms with van der Waals surface area (Å²) in [7, 11) is -3.07. The van der Waals surface area contributed by atoms with E-state index in [4.69, 9.17) is 12.2 Å². The molecule has 0 radical (unpaired) electrons. The maximum absolute atomic E-state index is 12.3. The van der Waals surface area contributed by atoms with Crippen LogP contribution in [-0.2, 0) is 9.84 Å². The Balaban J connectivity index is 1.80. The molecule has 2 aliphatic heterocycles. The highest BCUT2D eigenvalue weighted by Crippen LogP contribution is 2.38. The highest BCUT2D eigenvalue weighted by molar-refractivity contribution is 9.10. The van der Waals surface area contributed by atoms with Gasteiger partial charge in [0.1, 0.15) is 0 Å². The molecule has 0 N–H and O–H groups in total. The molecular formula is C17H15BrN2O2S2. The fraction of sp³-hybridized carbons (Fsp3) is 0.235. The molecule has 2 aliphatic rings. The van der Waals surface area contributed by atoms with Crippen LogP contribution in [0, 0.1) is 0 Å². The molecule has 4 nitrogen and oxygen atoms in total. The molecule has 0 saturated carbocycles. The summed E-state index contributed by atoms with van der Waals surface area (Å²) < 4.78 is 25.5. The van der Waals surface area contributed by atoms with Gasteiger partial charge in [-0.2, -0.15) is 0 Å².